The summed E-state index contributed by atoms with van der Waals surface area (Å²) in [6.07, 6.45) is -3.91. The SMILES string of the molecule is NC(=O)C1CN=CO[C@@H]1c1ccc(C(F)(F)F)cc1. The lowest BCUT2D eigenvalue weighted by Gasteiger charge is -2.26. The first-order valence-electron chi connectivity index (χ1n) is 5.50. The zero-order chi connectivity index (χ0) is 14.0. The first-order chi connectivity index (χ1) is 8.89. The fourth-order valence-corrected chi connectivity index (χ4v) is 1.87. The van der Waals surface area contributed by atoms with Crippen molar-refractivity contribution in [2.45, 2.75) is 12.3 Å². The number of nitrogens with two attached hydrogens (primary N) is 1. The van der Waals surface area contributed by atoms with Crippen molar-refractivity contribution in [2.24, 2.45) is 16.6 Å². The van der Waals surface area contributed by atoms with Crippen LogP contribution in [0.2, 0.25) is 0 Å². The van der Waals surface area contributed by atoms with Gasteiger partial charge >= 0.3 is 6.18 Å². The van der Waals surface area contributed by atoms with Gasteiger partial charge in [-0.05, 0) is 17.7 Å². The second-order valence-electron chi connectivity index (χ2n) is 4.16. The van der Waals surface area contributed by atoms with Crippen LogP contribution in [0.4, 0.5) is 13.2 Å². The van der Waals surface area contributed by atoms with Crippen LogP contribution in [-0.2, 0) is 15.7 Å². The van der Waals surface area contributed by atoms with E-state index in [0.29, 0.717) is 5.56 Å². The largest absolute Gasteiger partial charge is 0.475 e. The summed E-state index contributed by atoms with van der Waals surface area (Å²) in [4.78, 5) is 15.0. The maximum Gasteiger partial charge on any atom is 0.416 e. The highest BCUT2D eigenvalue weighted by molar-refractivity contribution is 5.78. The van der Waals surface area contributed by atoms with E-state index in [1.54, 1.807) is 0 Å². The van der Waals surface area contributed by atoms with Crippen molar-refractivity contribution < 1.29 is 22.7 Å². The minimum absolute atomic E-state index is 0.168. The summed E-state index contributed by atoms with van der Waals surface area (Å²) in [6.45, 7) is 0.168. The van der Waals surface area contributed by atoms with Crippen molar-refractivity contribution in [2.75, 3.05) is 6.54 Å². The van der Waals surface area contributed by atoms with Gasteiger partial charge in [-0.2, -0.15) is 13.2 Å². The van der Waals surface area contributed by atoms with Crippen LogP contribution in [0, 0.1) is 5.92 Å². The summed E-state index contributed by atoms with van der Waals surface area (Å²) < 4.78 is 42.5. The van der Waals surface area contributed by atoms with Crippen LogP contribution in [0.3, 0.4) is 0 Å². The zero-order valence-corrected chi connectivity index (χ0v) is 9.72. The van der Waals surface area contributed by atoms with E-state index in [9.17, 15) is 18.0 Å². The number of hydrogen-bond donors (Lipinski definition) is 1. The van der Waals surface area contributed by atoms with Crippen LogP contribution in [0.15, 0.2) is 29.3 Å². The third-order valence-corrected chi connectivity index (χ3v) is 2.88. The molecule has 0 aromatic heterocycles. The van der Waals surface area contributed by atoms with E-state index >= 15 is 0 Å². The second kappa shape index (κ2) is 4.91. The monoisotopic (exact) mass is 272 g/mol. The molecule has 102 valence electrons. The van der Waals surface area contributed by atoms with E-state index in [1.807, 2.05) is 0 Å². The molecule has 2 rings (SSSR count). The van der Waals surface area contributed by atoms with Gasteiger partial charge in [0.05, 0.1) is 18.0 Å². The van der Waals surface area contributed by atoms with Crippen molar-refractivity contribution in [3.63, 3.8) is 0 Å². The second-order valence-corrected chi connectivity index (χ2v) is 4.16. The Bertz CT molecular complexity index is 497. The normalized spacial score (nSPS) is 22.9. The van der Waals surface area contributed by atoms with Gasteiger partial charge in [0.15, 0.2) is 6.40 Å². The molecule has 1 heterocycles. The smallest absolute Gasteiger partial charge is 0.416 e. The van der Waals surface area contributed by atoms with E-state index < -0.39 is 29.7 Å². The number of halogens is 3. The molecule has 1 aliphatic heterocycles. The van der Waals surface area contributed by atoms with E-state index in [4.69, 9.17) is 10.5 Å². The molecule has 1 aliphatic rings. The van der Waals surface area contributed by atoms with Crippen LogP contribution in [-0.4, -0.2) is 18.9 Å². The highest BCUT2D eigenvalue weighted by Gasteiger charge is 2.33. The van der Waals surface area contributed by atoms with Gasteiger partial charge < -0.3 is 10.5 Å². The molecule has 1 aromatic rings. The molecule has 1 unspecified atom stereocenters. The van der Waals surface area contributed by atoms with Crippen molar-refractivity contribution in [3.05, 3.63) is 35.4 Å². The van der Waals surface area contributed by atoms with Crippen LogP contribution < -0.4 is 5.73 Å². The van der Waals surface area contributed by atoms with Crippen molar-refractivity contribution >= 4 is 12.3 Å². The molecule has 0 bridgehead atoms. The third kappa shape index (κ3) is 2.86. The minimum Gasteiger partial charge on any atom is -0.475 e. The molecule has 7 heteroatoms. The van der Waals surface area contributed by atoms with E-state index in [2.05, 4.69) is 4.99 Å². The van der Waals surface area contributed by atoms with Crippen LogP contribution in [0.1, 0.15) is 17.2 Å². The molecule has 4 nitrogen and oxygen atoms in total. The standard InChI is InChI=1S/C12H11F3N2O2/c13-12(14,15)8-3-1-7(2-4-8)10-9(11(16)18)5-17-6-19-10/h1-4,6,9-10H,5H2,(H2,16,18)/t9?,10-/m1/s1. The van der Waals surface area contributed by atoms with Crippen LogP contribution >= 0.6 is 0 Å². The number of amides is 1. The fraction of sp³-hybridized carbons (Fsp3) is 0.333. The Morgan fingerprint density at radius 1 is 1.32 bits per heavy atom. The molecule has 1 amide bonds. The van der Waals surface area contributed by atoms with Crippen LogP contribution in [0.25, 0.3) is 0 Å². The number of aliphatic imine (C=N–C) groups is 1. The Labute approximate surface area is 107 Å². The molecular weight excluding hydrogens is 261 g/mol. The fourth-order valence-electron chi connectivity index (χ4n) is 1.87. The van der Waals surface area contributed by atoms with Crippen molar-refractivity contribution in [3.8, 4) is 0 Å². The molecule has 19 heavy (non-hydrogen) atoms. The molecule has 1 aromatic carbocycles. The average Bonchev–Trinajstić information content (AvgIpc) is 2.38. The Morgan fingerprint density at radius 2 is 1.95 bits per heavy atom. The Hall–Kier alpha value is -2.05. The first kappa shape index (κ1) is 13.4. The number of carbonyl (C=O) groups excluding carboxylic acids is 1. The maximum atomic E-state index is 12.4. The van der Waals surface area contributed by atoms with Gasteiger partial charge in [-0.3, -0.25) is 9.79 Å². The summed E-state index contributed by atoms with van der Waals surface area (Å²) in [5.74, 6) is -1.27. The molecule has 0 fully saturated rings. The van der Waals surface area contributed by atoms with Gasteiger partial charge in [0.1, 0.15) is 6.10 Å². The van der Waals surface area contributed by atoms with Gasteiger partial charge in [-0.15, -0.1) is 0 Å². The molecule has 2 N–H and O–H groups in total. The molecule has 2 atom stereocenters. The number of alkyl halides is 3. The highest BCUT2D eigenvalue weighted by Crippen LogP contribution is 2.33. The summed E-state index contributed by atoms with van der Waals surface area (Å²) in [7, 11) is 0. The van der Waals surface area contributed by atoms with E-state index in [0.717, 1.165) is 12.1 Å². The van der Waals surface area contributed by atoms with Crippen molar-refractivity contribution in [1.29, 1.82) is 0 Å². The lowest BCUT2D eigenvalue weighted by Crippen LogP contribution is -2.34. The highest BCUT2D eigenvalue weighted by atomic mass is 19.4. The Kier molecular flexibility index (Phi) is 3.46. The summed E-state index contributed by atoms with van der Waals surface area (Å²) in [5.41, 5.74) is 4.93. The first-order valence-corrected chi connectivity index (χ1v) is 5.50. The lowest BCUT2D eigenvalue weighted by atomic mass is 9.93. The zero-order valence-electron chi connectivity index (χ0n) is 9.72. The molecule has 0 saturated heterocycles. The quantitative estimate of drug-likeness (QED) is 0.893. The van der Waals surface area contributed by atoms with Gasteiger partial charge in [0.25, 0.3) is 0 Å². The molecular formula is C12H11F3N2O2. The van der Waals surface area contributed by atoms with Gasteiger partial charge in [0, 0.05) is 0 Å². The number of nitrogens with zero attached hydrogens (tertiary/aromatic N) is 1. The molecule has 0 radical (unpaired) electrons. The molecule has 0 saturated carbocycles. The maximum absolute atomic E-state index is 12.4. The summed E-state index contributed by atoms with van der Waals surface area (Å²) in [5, 5.41) is 0. The minimum atomic E-state index is -4.39. The predicted molar refractivity (Wildman–Crippen MR) is 61.3 cm³/mol. The molecule has 0 aliphatic carbocycles. The number of primary amides is 1. The Balaban J connectivity index is 2.26. The third-order valence-electron chi connectivity index (χ3n) is 2.88. The summed E-state index contributed by atoms with van der Waals surface area (Å²) in [6, 6.07) is 4.45. The predicted octanol–water partition coefficient (Wildman–Crippen LogP) is 1.91. The topological polar surface area (TPSA) is 64.7 Å². The average molecular weight is 272 g/mol. The summed E-state index contributed by atoms with van der Waals surface area (Å²) >= 11 is 0. The number of ether oxygens (including phenoxy) is 1. The Morgan fingerprint density at radius 3 is 2.47 bits per heavy atom. The number of hydrogen-bond acceptors (Lipinski definition) is 3. The van der Waals surface area contributed by atoms with Gasteiger partial charge in [-0.25, -0.2) is 0 Å². The number of benzene rings is 1. The van der Waals surface area contributed by atoms with Gasteiger partial charge in [0.2, 0.25) is 5.91 Å². The van der Waals surface area contributed by atoms with E-state index in [-0.39, 0.29) is 6.54 Å². The van der Waals surface area contributed by atoms with Crippen LogP contribution in [0.5, 0.6) is 0 Å². The lowest BCUT2D eigenvalue weighted by molar-refractivity contribution is -0.137. The van der Waals surface area contributed by atoms with E-state index in [1.165, 1.54) is 18.5 Å². The van der Waals surface area contributed by atoms with Crippen molar-refractivity contribution in [1.82, 2.24) is 0 Å². The van der Waals surface area contributed by atoms with Gasteiger partial charge in [-0.1, -0.05) is 12.1 Å². The number of carbonyl (C=O) groups is 1. The molecule has 0 spiro atoms. The number of rotatable bonds is 2.